The molecule has 4 nitrogen and oxygen atoms in total. The smallest absolute Gasteiger partial charge is 0.303 e. The van der Waals surface area contributed by atoms with Gasteiger partial charge in [0.15, 0.2) is 0 Å². The van der Waals surface area contributed by atoms with Crippen LogP contribution in [0.3, 0.4) is 0 Å². The Morgan fingerprint density at radius 1 is 1.50 bits per heavy atom. The number of carboxylic acids is 1. The number of carbonyl (C=O) groups is 3. The van der Waals surface area contributed by atoms with Gasteiger partial charge in [-0.05, 0) is 25.7 Å². The average Bonchev–Trinajstić information content (AvgIpc) is 2.60. The van der Waals surface area contributed by atoms with E-state index in [-0.39, 0.29) is 35.7 Å². The van der Waals surface area contributed by atoms with Crippen LogP contribution in [0, 0.1) is 17.8 Å². The molecule has 18 heavy (non-hydrogen) atoms. The first-order chi connectivity index (χ1) is 8.41. The maximum atomic E-state index is 11.7. The summed E-state index contributed by atoms with van der Waals surface area (Å²) in [7, 11) is 0. The summed E-state index contributed by atoms with van der Waals surface area (Å²) in [5.41, 5.74) is 0. The predicted octanol–water partition coefficient (Wildman–Crippen LogP) is 2.23. The molecule has 0 aromatic carbocycles. The highest BCUT2D eigenvalue weighted by Crippen LogP contribution is 2.34. The molecular weight excluding hydrogens is 232 g/mol. The minimum absolute atomic E-state index is 0.0488. The summed E-state index contributed by atoms with van der Waals surface area (Å²) in [4.78, 5) is 33.4. The van der Waals surface area contributed by atoms with Crippen LogP contribution in [0.1, 0.15) is 39.5 Å². The van der Waals surface area contributed by atoms with Crippen molar-refractivity contribution in [2.45, 2.75) is 39.5 Å². The summed E-state index contributed by atoms with van der Waals surface area (Å²) in [6, 6.07) is 0. The van der Waals surface area contributed by atoms with Crippen LogP contribution >= 0.6 is 0 Å². The molecule has 3 atom stereocenters. The van der Waals surface area contributed by atoms with E-state index in [1.54, 1.807) is 6.08 Å². The standard InChI is InChI=1S/C14H20O4/c1-9(10(2)15)4-3-5-12-11(8-14(17)18)6-7-13(12)16/h3-4,9,11-12H,5-8H2,1-2H3,(H,17,18)/b4-3-/t9-,11+,12+/m0/s1. The van der Waals surface area contributed by atoms with Gasteiger partial charge in [-0.1, -0.05) is 19.1 Å². The normalized spacial score (nSPS) is 25.6. The topological polar surface area (TPSA) is 71.4 Å². The van der Waals surface area contributed by atoms with E-state index >= 15 is 0 Å². The molecule has 1 saturated carbocycles. The van der Waals surface area contributed by atoms with Crippen molar-refractivity contribution < 1.29 is 19.5 Å². The van der Waals surface area contributed by atoms with E-state index in [4.69, 9.17) is 5.11 Å². The minimum Gasteiger partial charge on any atom is -0.481 e. The summed E-state index contributed by atoms with van der Waals surface area (Å²) < 4.78 is 0. The first-order valence-electron chi connectivity index (χ1n) is 6.33. The summed E-state index contributed by atoms with van der Waals surface area (Å²) in [6.07, 6.45) is 5.41. The molecule has 4 heteroatoms. The van der Waals surface area contributed by atoms with Crippen LogP contribution in [0.25, 0.3) is 0 Å². The van der Waals surface area contributed by atoms with E-state index in [9.17, 15) is 14.4 Å². The highest BCUT2D eigenvalue weighted by atomic mass is 16.4. The molecule has 1 fully saturated rings. The molecule has 1 aliphatic rings. The van der Waals surface area contributed by atoms with Gasteiger partial charge in [-0.25, -0.2) is 0 Å². The molecule has 0 amide bonds. The summed E-state index contributed by atoms with van der Waals surface area (Å²) in [5.74, 6) is -0.975. The van der Waals surface area contributed by atoms with Crippen LogP contribution in [0.2, 0.25) is 0 Å². The maximum absolute atomic E-state index is 11.7. The number of carboxylic acid groups (broad SMARTS) is 1. The van der Waals surface area contributed by atoms with Crippen molar-refractivity contribution >= 4 is 17.5 Å². The van der Waals surface area contributed by atoms with E-state index < -0.39 is 5.97 Å². The largest absolute Gasteiger partial charge is 0.481 e. The molecule has 0 spiro atoms. The number of rotatable bonds is 6. The second kappa shape index (κ2) is 6.47. The second-order valence-electron chi connectivity index (χ2n) is 5.03. The van der Waals surface area contributed by atoms with Gasteiger partial charge in [0, 0.05) is 24.7 Å². The molecule has 0 unspecified atom stereocenters. The van der Waals surface area contributed by atoms with Crippen molar-refractivity contribution in [3.63, 3.8) is 0 Å². The van der Waals surface area contributed by atoms with Crippen molar-refractivity contribution in [3.05, 3.63) is 12.2 Å². The fourth-order valence-electron chi connectivity index (χ4n) is 2.33. The number of hydrogen-bond donors (Lipinski definition) is 1. The lowest BCUT2D eigenvalue weighted by Crippen LogP contribution is -2.17. The Kier molecular flexibility index (Phi) is 5.25. The van der Waals surface area contributed by atoms with Crippen molar-refractivity contribution in [2.75, 3.05) is 0 Å². The zero-order valence-corrected chi connectivity index (χ0v) is 10.9. The van der Waals surface area contributed by atoms with Crippen LogP contribution in [0.4, 0.5) is 0 Å². The first-order valence-corrected chi connectivity index (χ1v) is 6.33. The Hall–Kier alpha value is -1.45. The number of aliphatic carboxylic acids is 1. The van der Waals surface area contributed by atoms with E-state index in [0.29, 0.717) is 19.3 Å². The van der Waals surface area contributed by atoms with Crippen LogP contribution in [0.15, 0.2) is 12.2 Å². The molecule has 1 aliphatic carbocycles. The average molecular weight is 252 g/mol. The van der Waals surface area contributed by atoms with E-state index in [0.717, 1.165) is 0 Å². The molecule has 0 saturated heterocycles. The third-order valence-corrected chi connectivity index (χ3v) is 3.64. The van der Waals surface area contributed by atoms with E-state index in [2.05, 4.69) is 0 Å². The lowest BCUT2D eigenvalue weighted by Gasteiger charge is -2.14. The molecular formula is C14H20O4. The van der Waals surface area contributed by atoms with E-state index in [1.807, 2.05) is 13.0 Å². The van der Waals surface area contributed by atoms with Gasteiger partial charge in [-0.2, -0.15) is 0 Å². The van der Waals surface area contributed by atoms with Crippen molar-refractivity contribution in [3.8, 4) is 0 Å². The SMILES string of the molecule is CC(=O)[C@@H](C)/C=C\C[C@H]1C(=O)CC[C@@H]1CC(=O)O. The quantitative estimate of drug-likeness (QED) is 0.736. The van der Waals surface area contributed by atoms with Gasteiger partial charge in [0.05, 0.1) is 0 Å². The summed E-state index contributed by atoms with van der Waals surface area (Å²) in [5, 5.41) is 8.79. The molecule has 100 valence electrons. The minimum atomic E-state index is -0.846. The Balaban J connectivity index is 2.55. The Bertz CT molecular complexity index is 370. The van der Waals surface area contributed by atoms with Gasteiger partial charge in [0.25, 0.3) is 0 Å². The third kappa shape index (κ3) is 4.09. The zero-order chi connectivity index (χ0) is 13.7. The number of Topliss-reactive ketones (excluding diaryl/α,β-unsaturated/α-hetero) is 2. The van der Waals surface area contributed by atoms with Crippen LogP contribution < -0.4 is 0 Å². The molecule has 0 aliphatic heterocycles. The monoisotopic (exact) mass is 252 g/mol. The highest BCUT2D eigenvalue weighted by Gasteiger charge is 2.34. The van der Waals surface area contributed by atoms with Crippen LogP contribution in [-0.2, 0) is 14.4 Å². The molecule has 0 heterocycles. The summed E-state index contributed by atoms with van der Waals surface area (Å²) in [6.45, 7) is 3.34. The molecule has 1 N–H and O–H groups in total. The van der Waals surface area contributed by atoms with Gasteiger partial charge in [-0.15, -0.1) is 0 Å². The number of ketones is 2. The number of allylic oxidation sites excluding steroid dienone is 2. The highest BCUT2D eigenvalue weighted by molar-refractivity contribution is 5.84. The first kappa shape index (κ1) is 14.6. The van der Waals surface area contributed by atoms with Gasteiger partial charge in [-0.3, -0.25) is 14.4 Å². The van der Waals surface area contributed by atoms with Crippen LogP contribution in [0.5, 0.6) is 0 Å². The molecule has 0 radical (unpaired) electrons. The lowest BCUT2D eigenvalue weighted by molar-refractivity contribution is -0.138. The number of carbonyl (C=O) groups excluding carboxylic acids is 2. The van der Waals surface area contributed by atoms with Crippen molar-refractivity contribution in [1.82, 2.24) is 0 Å². The van der Waals surface area contributed by atoms with Crippen molar-refractivity contribution in [1.29, 1.82) is 0 Å². The Morgan fingerprint density at radius 3 is 2.72 bits per heavy atom. The molecule has 1 rings (SSSR count). The molecule has 0 bridgehead atoms. The van der Waals surface area contributed by atoms with E-state index in [1.165, 1.54) is 6.92 Å². The van der Waals surface area contributed by atoms with Gasteiger partial charge in [0.2, 0.25) is 0 Å². The van der Waals surface area contributed by atoms with Gasteiger partial charge in [0.1, 0.15) is 11.6 Å². The second-order valence-corrected chi connectivity index (χ2v) is 5.03. The fraction of sp³-hybridized carbons (Fsp3) is 0.643. The zero-order valence-electron chi connectivity index (χ0n) is 10.9. The fourth-order valence-corrected chi connectivity index (χ4v) is 2.33. The summed E-state index contributed by atoms with van der Waals surface area (Å²) >= 11 is 0. The number of hydrogen-bond acceptors (Lipinski definition) is 3. The maximum Gasteiger partial charge on any atom is 0.303 e. The van der Waals surface area contributed by atoms with Crippen LogP contribution in [-0.4, -0.2) is 22.6 Å². The lowest BCUT2D eigenvalue weighted by atomic mass is 9.89. The molecule has 0 aromatic rings. The third-order valence-electron chi connectivity index (χ3n) is 3.64. The molecule has 0 aromatic heterocycles. The Labute approximate surface area is 107 Å². The van der Waals surface area contributed by atoms with Gasteiger partial charge >= 0.3 is 5.97 Å². The Morgan fingerprint density at radius 2 is 2.17 bits per heavy atom. The predicted molar refractivity (Wildman–Crippen MR) is 67.1 cm³/mol. The van der Waals surface area contributed by atoms with Crippen molar-refractivity contribution in [2.24, 2.45) is 17.8 Å². The van der Waals surface area contributed by atoms with Gasteiger partial charge < -0.3 is 5.11 Å².